The van der Waals surface area contributed by atoms with Crippen molar-refractivity contribution >= 4 is 6.09 Å². The topological polar surface area (TPSA) is 29.5 Å². The summed E-state index contributed by atoms with van der Waals surface area (Å²) in [7, 11) is 0. The molecule has 96 valence electrons. The van der Waals surface area contributed by atoms with Crippen LogP contribution in [0.1, 0.15) is 25.3 Å². The van der Waals surface area contributed by atoms with Crippen LogP contribution in [0.5, 0.6) is 0 Å². The van der Waals surface area contributed by atoms with E-state index in [1.165, 1.54) is 0 Å². The summed E-state index contributed by atoms with van der Waals surface area (Å²) < 4.78 is 5.35. The fourth-order valence-corrected chi connectivity index (χ4v) is 2.04. The Morgan fingerprint density at radius 1 is 1.33 bits per heavy atom. The first kappa shape index (κ1) is 12.7. The van der Waals surface area contributed by atoms with Crippen molar-refractivity contribution < 1.29 is 9.53 Å². The van der Waals surface area contributed by atoms with Gasteiger partial charge in [-0.1, -0.05) is 42.5 Å². The minimum Gasteiger partial charge on any atom is -0.445 e. The van der Waals surface area contributed by atoms with Gasteiger partial charge in [-0.05, 0) is 25.3 Å². The summed E-state index contributed by atoms with van der Waals surface area (Å²) in [6.45, 7) is 3.05. The van der Waals surface area contributed by atoms with Gasteiger partial charge >= 0.3 is 6.09 Å². The summed E-state index contributed by atoms with van der Waals surface area (Å²) in [4.78, 5) is 13.8. The van der Waals surface area contributed by atoms with Gasteiger partial charge in [0.1, 0.15) is 6.61 Å². The van der Waals surface area contributed by atoms with Crippen LogP contribution >= 0.6 is 0 Å². The van der Waals surface area contributed by atoms with Gasteiger partial charge in [-0.15, -0.1) is 0 Å². The SMILES string of the molecule is C[C@@H]1CCC=CCN1C(=O)OCc1ccccc1. The number of rotatable bonds is 2. The van der Waals surface area contributed by atoms with Gasteiger partial charge in [0.2, 0.25) is 0 Å². The van der Waals surface area contributed by atoms with E-state index in [2.05, 4.69) is 13.0 Å². The van der Waals surface area contributed by atoms with E-state index < -0.39 is 0 Å². The van der Waals surface area contributed by atoms with Crippen molar-refractivity contribution in [2.24, 2.45) is 0 Å². The predicted molar refractivity (Wildman–Crippen MR) is 71.2 cm³/mol. The molecule has 3 nitrogen and oxygen atoms in total. The molecule has 0 spiro atoms. The van der Waals surface area contributed by atoms with Crippen molar-refractivity contribution in [2.45, 2.75) is 32.4 Å². The van der Waals surface area contributed by atoms with E-state index in [9.17, 15) is 4.79 Å². The molecule has 0 aliphatic carbocycles. The maximum absolute atomic E-state index is 12.0. The lowest BCUT2D eigenvalue weighted by atomic mass is 10.2. The summed E-state index contributed by atoms with van der Waals surface area (Å²) in [5.41, 5.74) is 1.02. The molecule has 0 fully saturated rings. The summed E-state index contributed by atoms with van der Waals surface area (Å²) in [5, 5.41) is 0. The molecule has 1 aromatic rings. The number of nitrogens with zero attached hydrogens (tertiary/aromatic N) is 1. The summed E-state index contributed by atoms with van der Waals surface area (Å²) in [5.74, 6) is 0. The first-order valence-corrected chi connectivity index (χ1v) is 6.39. The Kier molecular flexibility index (Phi) is 4.40. The normalized spacial score (nSPS) is 19.4. The molecule has 0 saturated heterocycles. The van der Waals surface area contributed by atoms with Crippen molar-refractivity contribution in [3.05, 3.63) is 48.0 Å². The summed E-state index contributed by atoms with van der Waals surface area (Å²) in [6, 6.07) is 10.00. The van der Waals surface area contributed by atoms with Gasteiger partial charge in [-0.25, -0.2) is 4.79 Å². The Morgan fingerprint density at radius 2 is 2.11 bits per heavy atom. The van der Waals surface area contributed by atoms with Crippen LogP contribution in [-0.4, -0.2) is 23.6 Å². The van der Waals surface area contributed by atoms with Crippen LogP contribution in [0.15, 0.2) is 42.5 Å². The predicted octanol–water partition coefficient (Wildman–Crippen LogP) is 3.36. The van der Waals surface area contributed by atoms with Crippen molar-refractivity contribution in [2.75, 3.05) is 6.54 Å². The Hall–Kier alpha value is -1.77. The third-order valence-corrected chi connectivity index (χ3v) is 3.19. The standard InChI is InChI=1S/C15H19NO2/c1-13-8-4-3-7-11-16(13)15(17)18-12-14-9-5-2-6-10-14/h2-3,5-7,9-10,13H,4,8,11-12H2,1H3/t13-/m1/s1. The average molecular weight is 245 g/mol. The van der Waals surface area contributed by atoms with Crippen molar-refractivity contribution in [3.63, 3.8) is 0 Å². The lowest BCUT2D eigenvalue weighted by molar-refractivity contribution is 0.0874. The molecule has 0 bridgehead atoms. The van der Waals surface area contributed by atoms with Crippen LogP contribution in [0.4, 0.5) is 4.79 Å². The maximum atomic E-state index is 12.0. The summed E-state index contributed by atoms with van der Waals surface area (Å²) in [6.07, 6.45) is 5.97. The molecule has 0 aromatic heterocycles. The van der Waals surface area contributed by atoms with E-state index in [1.54, 1.807) is 4.90 Å². The van der Waals surface area contributed by atoms with E-state index in [4.69, 9.17) is 4.74 Å². The smallest absolute Gasteiger partial charge is 0.410 e. The van der Waals surface area contributed by atoms with Gasteiger partial charge in [-0.3, -0.25) is 0 Å². The second-order valence-electron chi connectivity index (χ2n) is 4.59. The second kappa shape index (κ2) is 6.24. The minimum absolute atomic E-state index is 0.224. The Bertz CT molecular complexity index is 414. The number of carbonyl (C=O) groups excluding carboxylic acids is 1. The van der Waals surface area contributed by atoms with Gasteiger partial charge in [-0.2, -0.15) is 0 Å². The molecule has 1 aliphatic rings. The first-order valence-electron chi connectivity index (χ1n) is 6.39. The van der Waals surface area contributed by atoms with Gasteiger partial charge in [0.25, 0.3) is 0 Å². The van der Waals surface area contributed by atoms with E-state index in [-0.39, 0.29) is 12.1 Å². The fourth-order valence-electron chi connectivity index (χ4n) is 2.04. The van der Waals surface area contributed by atoms with Gasteiger partial charge in [0, 0.05) is 12.6 Å². The molecule has 1 aliphatic heterocycles. The van der Waals surface area contributed by atoms with Crippen molar-refractivity contribution in [3.8, 4) is 0 Å². The lowest BCUT2D eigenvalue weighted by Crippen LogP contribution is -2.38. The fraction of sp³-hybridized carbons (Fsp3) is 0.400. The second-order valence-corrected chi connectivity index (χ2v) is 4.59. The highest BCUT2D eigenvalue weighted by atomic mass is 16.6. The third-order valence-electron chi connectivity index (χ3n) is 3.19. The van der Waals surface area contributed by atoms with Gasteiger partial charge in [0.05, 0.1) is 0 Å². The molecule has 0 N–H and O–H groups in total. The highest BCUT2D eigenvalue weighted by Crippen LogP contribution is 2.13. The quantitative estimate of drug-likeness (QED) is 0.748. The molecular formula is C15H19NO2. The number of ether oxygens (including phenoxy) is 1. The maximum Gasteiger partial charge on any atom is 0.410 e. The zero-order valence-corrected chi connectivity index (χ0v) is 10.7. The zero-order valence-electron chi connectivity index (χ0n) is 10.7. The van der Waals surface area contributed by atoms with Crippen LogP contribution < -0.4 is 0 Å². The van der Waals surface area contributed by atoms with Crippen LogP contribution in [0.25, 0.3) is 0 Å². The number of allylic oxidation sites excluding steroid dienone is 1. The van der Waals surface area contributed by atoms with Crippen LogP contribution in [0.2, 0.25) is 0 Å². The minimum atomic E-state index is -0.224. The molecule has 1 atom stereocenters. The Morgan fingerprint density at radius 3 is 2.89 bits per heavy atom. The zero-order chi connectivity index (χ0) is 12.8. The molecule has 1 aromatic carbocycles. The van der Waals surface area contributed by atoms with E-state index in [0.717, 1.165) is 18.4 Å². The van der Waals surface area contributed by atoms with Crippen molar-refractivity contribution in [1.82, 2.24) is 4.90 Å². The first-order chi connectivity index (χ1) is 8.77. The third kappa shape index (κ3) is 3.36. The van der Waals surface area contributed by atoms with Crippen LogP contribution in [0.3, 0.4) is 0 Å². The molecule has 2 rings (SSSR count). The number of amides is 1. The molecule has 1 amide bonds. The molecule has 0 saturated carbocycles. The highest BCUT2D eigenvalue weighted by molar-refractivity contribution is 5.68. The molecular weight excluding hydrogens is 226 g/mol. The molecule has 0 radical (unpaired) electrons. The Balaban J connectivity index is 1.89. The van der Waals surface area contributed by atoms with E-state index in [1.807, 2.05) is 36.4 Å². The van der Waals surface area contributed by atoms with Gasteiger partial charge < -0.3 is 9.64 Å². The molecule has 1 heterocycles. The van der Waals surface area contributed by atoms with Crippen LogP contribution in [0, 0.1) is 0 Å². The molecule has 18 heavy (non-hydrogen) atoms. The number of hydrogen-bond acceptors (Lipinski definition) is 2. The highest BCUT2D eigenvalue weighted by Gasteiger charge is 2.21. The van der Waals surface area contributed by atoms with Crippen molar-refractivity contribution in [1.29, 1.82) is 0 Å². The lowest BCUT2D eigenvalue weighted by Gasteiger charge is -2.25. The van der Waals surface area contributed by atoms with E-state index in [0.29, 0.717) is 13.2 Å². The monoisotopic (exact) mass is 245 g/mol. The largest absolute Gasteiger partial charge is 0.445 e. The van der Waals surface area contributed by atoms with E-state index >= 15 is 0 Å². The van der Waals surface area contributed by atoms with Gasteiger partial charge in [0.15, 0.2) is 0 Å². The summed E-state index contributed by atoms with van der Waals surface area (Å²) >= 11 is 0. The number of benzene rings is 1. The number of carbonyl (C=O) groups is 1. The Labute approximate surface area is 108 Å². The molecule has 0 unspecified atom stereocenters. The average Bonchev–Trinajstić information content (AvgIpc) is 2.62. The van der Waals surface area contributed by atoms with Crippen LogP contribution in [-0.2, 0) is 11.3 Å². The number of hydrogen-bond donors (Lipinski definition) is 0. The molecule has 3 heteroatoms.